The molecule has 4 fully saturated rings. The number of benzene rings is 4. The van der Waals surface area contributed by atoms with E-state index in [-0.39, 0.29) is 41.6 Å². The Morgan fingerprint density at radius 2 is 0.684 bits per heavy atom. The van der Waals surface area contributed by atoms with Gasteiger partial charge in [0.15, 0.2) is 0 Å². The van der Waals surface area contributed by atoms with E-state index in [9.17, 15) is 54.0 Å². The van der Waals surface area contributed by atoms with Crippen LogP contribution in [0.5, 0.6) is 23.0 Å². The molecule has 8 aromatic heterocycles. The quantitative estimate of drug-likeness (QED) is 0.0543. The van der Waals surface area contributed by atoms with Gasteiger partial charge in [0.1, 0.15) is 136 Å². The van der Waals surface area contributed by atoms with E-state index >= 15 is 0 Å². The number of fused-ring (bicyclic) bond motifs is 8. The Labute approximate surface area is 655 Å². The second-order valence-electron chi connectivity index (χ2n) is 31.4. The Kier molecular flexibility index (Phi) is 21.6. The van der Waals surface area contributed by atoms with Crippen molar-refractivity contribution in [1.82, 2.24) is 59.5 Å². The van der Waals surface area contributed by atoms with E-state index in [2.05, 4.69) is 47.3 Å². The molecule has 0 bridgehead atoms. The summed E-state index contributed by atoms with van der Waals surface area (Å²) in [5.74, 6) is 1.57. The Morgan fingerprint density at radius 3 is 1.12 bits per heavy atom. The van der Waals surface area contributed by atoms with Gasteiger partial charge in [0.25, 0.3) is 0 Å². The van der Waals surface area contributed by atoms with Gasteiger partial charge in [-0.05, 0) is 196 Å². The molecule has 27 heteroatoms. The van der Waals surface area contributed by atoms with Gasteiger partial charge in [0, 0.05) is 158 Å². The van der Waals surface area contributed by atoms with Crippen LogP contribution in [0.3, 0.4) is 0 Å². The average Bonchev–Trinajstić information content (AvgIpc) is 1.62. The number of aliphatic hydroxyl groups is 8. The van der Waals surface area contributed by atoms with Crippen molar-refractivity contribution in [2.24, 2.45) is 0 Å². The molecule has 0 unspecified atom stereocenters. The molecule has 20 rings (SSSR count). The van der Waals surface area contributed by atoms with Gasteiger partial charge < -0.3 is 99.3 Å². The highest BCUT2D eigenvalue weighted by molar-refractivity contribution is 5.82. The smallest absolute Gasteiger partial charge is 0.140 e. The first-order valence-corrected chi connectivity index (χ1v) is 39.4. The lowest BCUT2D eigenvalue weighted by atomic mass is 9.99. The van der Waals surface area contributed by atoms with E-state index in [1.54, 1.807) is 43.0 Å². The first-order valence-electron chi connectivity index (χ1n) is 39.4. The van der Waals surface area contributed by atoms with Gasteiger partial charge in [0.05, 0.1) is 24.2 Å². The largest absolute Gasteiger partial charge is 0.487 e. The highest BCUT2D eigenvalue weighted by Crippen LogP contribution is 2.44. The van der Waals surface area contributed by atoms with E-state index < -0.39 is 73.2 Å². The molecule has 8 aliphatic rings. The maximum atomic E-state index is 14.1. The number of hydrogen-bond acceptors (Lipinski definition) is 20. The van der Waals surface area contributed by atoms with Crippen LogP contribution >= 0.6 is 0 Å². The van der Waals surface area contributed by atoms with Crippen LogP contribution in [-0.2, 0) is 52.0 Å². The van der Waals surface area contributed by atoms with E-state index in [4.69, 9.17) is 18.9 Å². The van der Waals surface area contributed by atoms with E-state index in [1.165, 1.54) is 29.3 Å². The lowest BCUT2D eigenvalue weighted by Crippen LogP contribution is -2.35. The zero-order valence-electron chi connectivity index (χ0n) is 63.7. The van der Waals surface area contributed by atoms with Crippen molar-refractivity contribution in [2.45, 2.75) is 203 Å². The third kappa shape index (κ3) is 14.4. The number of aromatic nitrogens is 8. The van der Waals surface area contributed by atoms with Gasteiger partial charge in [-0.3, -0.25) is 0 Å². The van der Waals surface area contributed by atoms with Crippen LogP contribution in [-0.4, -0.2) is 172 Å². The monoisotopic (exact) mass is 1560 g/mol. The number of pyridine rings is 4. The summed E-state index contributed by atoms with van der Waals surface area (Å²) >= 11 is 0. The molecule has 4 saturated carbocycles. The zero-order chi connectivity index (χ0) is 78.9. The molecule has 596 valence electrons. The van der Waals surface area contributed by atoms with Crippen LogP contribution in [0.25, 0.3) is 44.1 Å². The lowest BCUT2D eigenvalue weighted by Gasteiger charge is -2.24. The van der Waals surface area contributed by atoms with E-state index in [0.29, 0.717) is 86.7 Å². The number of rotatable bonds is 12. The van der Waals surface area contributed by atoms with Crippen molar-refractivity contribution in [3.63, 3.8) is 0 Å². The van der Waals surface area contributed by atoms with Crippen LogP contribution in [0.15, 0.2) is 153 Å². The second-order valence-corrected chi connectivity index (χ2v) is 31.4. The highest BCUT2D eigenvalue weighted by Gasteiger charge is 2.49. The molecule has 0 saturated heterocycles. The number of hydrogen-bond donors (Lipinski definition) is 12. The summed E-state index contributed by atoms with van der Waals surface area (Å²) in [6, 6.07) is 29.4. The Hall–Kier alpha value is -9.85. The molecule has 12 aromatic rings. The standard InChI is InChI=1S/2C22H24FN3O3.C22H25N3O3.C21H22FN3O3/c1-12-2-6-25-22-15(12)4-7-26(22)17-10-19(21(28)20(17)27)29-18-9-14(23)8-13-3-5-24-11-16(13)18;1-12-4-8-25-22-13(12)6-9-26(22)17-10-19(21(28)20(17)27)29-18-3-2-16(23)14-5-7-24-11-15(14)18;1-13-5-9-24-22-15(13)7-10-25(22)17-11-19(21(27)20(17)26)28-18-4-2-3-14-12-23-8-6-16(14)18;1-11-4-6-24-21-12(11)5-7-25(21)16-8-18(20(27)19(16)26)28-17-3-2-15(22)13-9-23-10-14(13)17/h2,4,6-9,17,19-21,24,27-28H,3,5,10-11H2,1H3;2-4,6,8-9,17,19-21,24,27-28H,5,7,10-11H2,1H3;2-5,7,9-10,17,19-21,23,26-27H,6,8,11-12H2,1H3;2-7,16,18-20,23,26-27H,8-10H2,1H3/t3*17-,19+,20+,21-;16-,18+,19+,20-/m1111/s1. The molecule has 0 radical (unpaired) electrons. The fourth-order valence-corrected chi connectivity index (χ4v) is 18.3. The minimum atomic E-state index is -1.07. The van der Waals surface area contributed by atoms with Crippen LogP contribution in [0.1, 0.15) is 117 Å². The molecule has 4 aliphatic carbocycles. The molecule has 0 spiro atoms. The Morgan fingerprint density at radius 1 is 0.333 bits per heavy atom. The molecule has 24 nitrogen and oxygen atoms in total. The topological polar surface area (TPSA) is 318 Å². The summed E-state index contributed by atoms with van der Waals surface area (Å²) < 4.78 is 74.4. The number of ether oxygens (including phenoxy) is 4. The number of nitrogens with zero attached hydrogens (tertiary/aromatic N) is 8. The fourth-order valence-electron chi connectivity index (χ4n) is 18.3. The fraction of sp³-hybridized carbons (Fsp3) is 0.402. The van der Waals surface area contributed by atoms with Gasteiger partial charge in [-0.15, -0.1) is 0 Å². The highest BCUT2D eigenvalue weighted by atomic mass is 19.1. The predicted octanol–water partition coefficient (Wildman–Crippen LogP) is 8.79. The van der Waals surface area contributed by atoms with Crippen molar-refractivity contribution >= 4 is 44.1 Å². The molecular formula is C87H95F3N12O12. The Balaban J connectivity index is 0.000000110. The van der Waals surface area contributed by atoms with Crippen LogP contribution in [0, 0.1) is 45.1 Å². The van der Waals surface area contributed by atoms with Crippen molar-refractivity contribution in [2.75, 3.05) is 19.6 Å². The summed E-state index contributed by atoms with van der Waals surface area (Å²) in [5.41, 5.74) is 14.8. The molecule has 12 N–H and O–H groups in total. The number of halogens is 3. The molecular weight excluding hydrogens is 1460 g/mol. The number of aliphatic hydroxyl groups excluding tert-OH is 8. The normalized spacial score (nSPS) is 26.8. The van der Waals surface area contributed by atoms with Gasteiger partial charge >= 0.3 is 0 Å². The summed E-state index contributed by atoms with van der Waals surface area (Å²) in [6.45, 7) is 13.5. The van der Waals surface area contributed by atoms with Crippen molar-refractivity contribution in [3.8, 4) is 23.0 Å². The summed E-state index contributed by atoms with van der Waals surface area (Å²) in [7, 11) is 0. The molecule has 4 aromatic carbocycles. The van der Waals surface area contributed by atoms with Gasteiger partial charge in [-0.2, -0.15) is 0 Å². The molecule has 12 heterocycles. The maximum Gasteiger partial charge on any atom is 0.140 e. The van der Waals surface area contributed by atoms with E-state index in [1.807, 2.05) is 131 Å². The lowest BCUT2D eigenvalue weighted by molar-refractivity contribution is -0.0167. The zero-order valence-corrected chi connectivity index (χ0v) is 63.7. The van der Waals surface area contributed by atoms with Gasteiger partial charge in [-0.25, -0.2) is 33.1 Å². The van der Waals surface area contributed by atoms with E-state index in [0.717, 1.165) is 133 Å². The van der Waals surface area contributed by atoms with Crippen molar-refractivity contribution < 1.29 is 73.0 Å². The minimum Gasteiger partial charge on any atom is -0.487 e. The third-order valence-corrected chi connectivity index (χ3v) is 24.6. The average molecular weight is 1560 g/mol. The number of nitrogens with one attached hydrogen (secondary N) is 4. The van der Waals surface area contributed by atoms with Crippen molar-refractivity contribution in [3.05, 3.63) is 237 Å². The van der Waals surface area contributed by atoms with Crippen LogP contribution < -0.4 is 40.2 Å². The van der Waals surface area contributed by atoms with Crippen molar-refractivity contribution in [1.29, 1.82) is 0 Å². The molecule has 4 aliphatic heterocycles. The Bertz CT molecular complexity index is 5540. The molecule has 0 amide bonds. The molecule has 114 heavy (non-hydrogen) atoms. The first kappa shape index (κ1) is 76.8. The summed E-state index contributed by atoms with van der Waals surface area (Å²) in [5, 5.41) is 103. The van der Waals surface area contributed by atoms with Gasteiger partial charge in [0.2, 0.25) is 0 Å². The maximum absolute atomic E-state index is 14.1. The van der Waals surface area contributed by atoms with Crippen LogP contribution in [0.2, 0.25) is 0 Å². The summed E-state index contributed by atoms with van der Waals surface area (Å²) in [6.07, 6.45) is 8.49. The SMILES string of the molecule is Cc1ccnc2c1ccn2[C@@H]1C[C@H](Oc2cc(F)cc3c2CNCC3)[C@@H](O)[C@H]1O.Cc1ccnc2c1ccn2[C@@H]1C[C@H](Oc2ccc(F)c3c2CNC3)[C@@H](O)[C@H]1O.Cc1ccnc2c1ccn2[C@@H]1C[C@H](Oc2ccc(F)c3c2CNCC3)[C@@H](O)[C@H]1O.Cc1ccnc2c1ccn2[C@@H]1C[C@H](Oc2cccc3c2CCNC3)[C@@H](O)[C@H]1O. The first-order chi connectivity index (χ1) is 55.2. The van der Waals surface area contributed by atoms with Crippen LogP contribution in [0.4, 0.5) is 13.2 Å². The number of aryl methyl sites for hydroxylation is 4. The second kappa shape index (κ2) is 32.1. The minimum absolute atomic E-state index is 0.223. The van der Waals surface area contributed by atoms with Gasteiger partial charge in [-0.1, -0.05) is 12.1 Å². The third-order valence-electron chi connectivity index (χ3n) is 24.6. The summed E-state index contributed by atoms with van der Waals surface area (Å²) in [4.78, 5) is 17.9. The predicted molar refractivity (Wildman–Crippen MR) is 421 cm³/mol. The molecule has 16 atom stereocenters.